The SMILES string of the molecule is CC(C)CNCc1ccc(O)c2c1C[C@H]1C[C@@H](C(CO)N(C)C)[C@@](O)(C(=O)C(C)C(N)=O)C(O)=C1C2=O. The molecule has 0 fully saturated rings. The highest BCUT2D eigenvalue weighted by Crippen LogP contribution is 2.49. The van der Waals surface area contributed by atoms with E-state index in [-0.39, 0.29) is 29.7 Å². The van der Waals surface area contributed by atoms with Gasteiger partial charge in [-0.1, -0.05) is 19.9 Å². The van der Waals surface area contributed by atoms with E-state index in [0.29, 0.717) is 18.0 Å². The molecule has 0 heterocycles. The van der Waals surface area contributed by atoms with Gasteiger partial charge in [0.2, 0.25) is 5.91 Å². The molecule has 10 heteroatoms. The van der Waals surface area contributed by atoms with Crippen LogP contribution in [-0.4, -0.2) is 81.7 Å². The molecule has 0 saturated carbocycles. The summed E-state index contributed by atoms with van der Waals surface area (Å²) in [6.45, 7) is 6.18. The van der Waals surface area contributed by atoms with Crippen molar-refractivity contribution in [3.63, 3.8) is 0 Å². The first kappa shape index (κ1) is 28.8. The molecule has 1 aromatic carbocycles. The monoisotopic (exact) mass is 517 g/mol. The summed E-state index contributed by atoms with van der Waals surface area (Å²) in [6, 6.07) is 2.41. The lowest BCUT2D eigenvalue weighted by atomic mass is 9.60. The summed E-state index contributed by atoms with van der Waals surface area (Å²) in [5.41, 5.74) is 4.07. The Morgan fingerprint density at radius 3 is 2.41 bits per heavy atom. The number of phenolic OH excluding ortho intramolecular Hbond substituents is 1. The number of primary amides is 1. The van der Waals surface area contributed by atoms with Crippen molar-refractivity contribution in [3.8, 4) is 5.75 Å². The van der Waals surface area contributed by atoms with Gasteiger partial charge in [-0.25, -0.2) is 0 Å². The number of Topliss-reactive ketones (excluding diaryl/α,β-unsaturated/α-hetero) is 2. The Morgan fingerprint density at radius 1 is 1.22 bits per heavy atom. The average Bonchev–Trinajstić information content (AvgIpc) is 2.82. The second kappa shape index (κ2) is 10.9. The molecule has 0 bridgehead atoms. The van der Waals surface area contributed by atoms with E-state index in [1.807, 2.05) is 0 Å². The number of carbonyl (C=O) groups is 3. The summed E-state index contributed by atoms with van der Waals surface area (Å²) in [5, 5.41) is 47.4. The quantitative estimate of drug-likeness (QED) is 0.244. The number of amides is 1. The third-order valence-corrected chi connectivity index (χ3v) is 7.79. The van der Waals surface area contributed by atoms with Gasteiger partial charge in [0.25, 0.3) is 0 Å². The van der Waals surface area contributed by atoms with Crippen LogP contribution in [0.3, 0.4) is 0 Å². The minimum atomic E-state index is -2.63. The zero-order chi connectivity index (χ0) is 27.8. The summed E-state index contributed by atoms with van der Waals surface area (Å²) in [5.74, 6) is -6.45. The molecule has 2 unspecified atom stereocenters. The molecule has 2 aliphatic carbocycles. The van der Waals surface area contributed by atoms with E-state index in [9.17, 15) is 34.8 Å². The number of ketones is 2. The summed E-state index contributed by atoms with van der Waals surface area (Å²) in [7, 11) is 3.33. The van der Waals surface area contributed by atoms with Gasteiger partial charge in [-0.15, -0.1) is 0 Å². The van der Waals surface area contributed by atoms with Crippen molar-refractivity contribution in [1.82, 2.24) is 10.2 Å². The highest BCUT2D eigenvalue weighted by molar-refractivity contribution is 6.15. The van der Waals surface area contributed by atoms with Crippen LogP contribution in [-0.2, 0) is 22.6 Å². The summed E-state index contributed by atoms with van der Waals surface area (Å²) >= 11 is 0. The Hall–Kier alpha value is -2.79. The molecule has 7 N–H and O–H groups in total. The highest BCUT2D eigenvalue weighted by Gasteiger charge is 2.59. The van der Waals surface area contributed by atoms with Gasteiger partial charge in [-0.2, -0.15) is 0 Å². The minimum absolute atomic E-state index is 0.0316. The number of allylic oxidation sites excluding steroid dienone is 1. The van der Waals surface area contributed by atoms with Crippen LogP contribution in [0.1, 0.15) is 48.7 Å². The number of rotatable bonds is 10. The van der Waals surface area contributed by atoms with Crippen molar-refractivity contribution >= 4 is 17.5 Å². The number of aliphatic hydroxyl groups is 3. The summed E-state index contributed by atoms with van der Waals surface area (Å²) < 4.78 is 0. The van der Waals surface area contributed by atoms with Gasteiger partial charge in [0.05, 0.1) is 18.1 Å². The van der Waals surface area contributed by atoms with Crippen LogP contribution >= 0.6 is 0 Å². The third-order valence-electron chi connectivity index (χ3n) is 7.79. The van der Waals surface area contributed by atoms with Crippen molar-refractivity contribution < 1.29 is 34.8 Å². The molecular formula is C27H39N3O7. The zero-order valence-electron chi connectivity index (χ0n) is 22.1. The number of phenols is 1. The number of aliphatic hydroxyl groups excluding tert-OH is 2. The van der Waals surface area contributed by atoms with Gasteiger partial charge in [0.1, 0.15) is 11.5 Å². The maximum absolute atomic E-state index is 13.7. The van der Waals surface area contributed by atoms with Crippen LogP contribution in [0.25, 0.3) is 0 Å². The van der Waals surface area contributed by atoms with Crippen molar-refractivity contribution in [2.75, 3.05) is 27.2 Å². The number of hydrogen-bond donors (Lipinski definition) is 6. The Morgan fingerprint density at radius 2 is 1.86 bits per heavy atom. The molecule has 3 rings (SSSR count). The van der Waals surface area contributed by atoms with Crippen LogP contribution in [0.4, 0.5) is 0 Å². The molecule has 37 heavy (non-hydrogen) atoms. The second-order valence-electron chi connectivity index (χ2n) is 10.9. The number of benzene rings is 1. The molecule has 0 radical (unpaired) electrons. The number of carbonyl (C=O) groups excluding carboxylic acids is 3. The highest BCUT2D eigenvalue weighted by atomic mass is 16.3. The number of fused-ring (bicyclic) bond motifs is 2. The van der Waals surface area contributed by atoms with E-state index in [1.54, 1.807) is 25.1 Å². The van der Waals surface area contributed by atoms with E-state index in [2.05, 4.69) is 19.2 Å². The Kier molecular flexibility index (Phi) is 8.48. The van der Waals surface area contributed by atoms with Crippen LogP contribution in [0.5, 0.6) is 5.75 Å². The lowest BCUT2D eigenvalue weighted by Gasteiger charge is -2.48. The second-order valence-corrected chi connectivity index (χ2v) is 10.9. The van der Waals surface area contributed by atoms with Crippen molar-refractivity contribution in [3.05, 3.63) is 40.2 Å². The largest absolute Gasteiger partial charge is 0.508 e. The smallest absolute Gasteiger partial charge is 0.227 e. The fourth-order valence-corrected chi connectivity index (χ4v) is 5.70. The van der Waals surface area contributed by atoms with Gasteiger partial charge < -0.3 is 36.4 Å². The van der Waals surface area contributed by atoms with Crippen LogP contribution in [0.15, 0.2) is 23.5 Å². The number of nitrogens with zero attached hydrogens (tertiary/aromatic N) is 1. The van der Waals surface area contributed by atoms with E-state index in [4.69, 9.17) is 5.73 Å². The number of likely N-dealkylation sites (N-methyl/N-ethyl adjacent to an activating group) is 1. The van der Waals surface area contributed by atoms with E-state index in [0.717, 1.165) is 12.1 Å². The van der Waals surface area contributed by atoms with E-state index < -0.39 is 59.2 Å². The first-order valence-electron chi connectivity index (χ1n) is 12.6. The fourth-order valence-electron chi connectivity index (χ4n) is 5.70. The molecular weight excluding hydrogens is 478 g/mol. The maximum Gasteiger partial charge on any atom is 0.227 e. The number of hydrogen-bond acceptors (Lipinski definition) is 9. The Balaban J connectivity index is 2.19. The number of aromatic hydroxyl groups is 1. The summed E-state index contributed by atoms with van der Waals surface area (Å²) in [6.07, 6.45) is 0.363. The number of nitrogens with two attached hydrogens (primary N) is 1. The Labute approximate surface area is 217 Å². The zero-order valence-corrected chi connectivity index (χ0v) is 22.1. The maximum atomic E-state index is 13.7. The van der Waals surface area contributed by atoms with Crippen LogP contribution in [0.2, 0.25) is 0 Å². The summed E-state index contributed by atoms with van der Waals surface area (Å²) in [4.78, 5) is 40.7. The van der Waals surface area contributed by atoms with Gasteiger partial charge in [-0.05, 0) is 69.4 Å². The molecule has 1 aromatic rings. The first-order valence-corrected chi connectivity index (χ1v) is 12.6. The molecule has 204 valence electrons. The molecule has 5 atom stereocenters. The molecule has 0 aromatic heterocycles. The van der Waals surface area contributed by atoms with E-state index >= 15 is 0 Å². The van der Waals surface area contributed by atoms with Gasteiger partial charge in [0.15, 0.2) is 17.2 Å². The third kappa shape index (κ3) is 5.03. The molecule has 1 amide bonds. The first-order chi connectivity index (χ1) is 17.3. The minimum Gasteiger partial charge on any atom is -0.508 e. The number of nitrogens with one attached hydrogen (secondary N) is 1. The van der Waals surface area contributed by atoms with E-state index in [1.165, 1.54) is 13.0 Å². The molecule has 0 aliphatic heterocycles. The van der Waals surface area contributed by atoms with Crippen LogP contribution < -0.4 is 11.1 Å². The van der Waals surface area contributed by atoms with Gasteiger partial charge >= 0.3 is 0 Å². The standard InChI is InChI=1S/C27H39N3O7/c1-13(2)10-29-11-15-6-7-20(32)22-17(15)8-16-9-18(19(12-31)30(4)5)27(37,24(34)14(3)26(28)36)25(35)21(16)23(22)33/h6-7,13-14,16,18-19,29,31-32,35,37H,8-12H2,1-5H3,(H2,28,36)/t14?,16-,18-,19?,27+/m0/s1. The normalized spacial score (nSPS) is 25.2. The molecule has 0 spiro atoms. The fraction of sp³-hybridized carbons (Fsp3) is 0.593. The molecule has 2 aliphatic rings. The Bertz CT molecular complexity index is 1110. The average molecular weight is 518 g/mol. The van der Waals surface area contributed by atoms with Gasteiger partial charge in [0, 0.05) is 24.1 Å². The van der Waals surface area contributed by atoms with Crippen molar-refractivity contribution in [2.45, 2.75) is 51.8 Å². The molecule has 0 saturated heterocycles. The lowest BCUT2D eigenvalue weighted by molar-refractivity contribution is -0.155. The van der Waals surface area contributed by atoms with Crippen molar-refractivity contribution in [1.29, 1.82) is 0 Å². The van der Waals surface area contributed by atoms with Crippen molar-refractivity contribution in [2.24, 2.45) is 29.4 Å². The van der Waals surface area contributed by atoms with Gasteiger partial charge in [-0.3, -0.25) is 14.4 Å². The topological polar surface area (TPSA) is 173 Å². The molecule has 10 nitrogen and oxygen atoms in total. The lowest BCUT2D eigenvalue weighted by Crippen LogP contribution is -2.62. The predicted octanol–water partition coefficient (Wildman–Crippen LogP) is 0.669. The predicted molar refractivity (Wildman–Crippen MR) is 137 cm³/mol. The van der Waals surface area contributed by atoms with Crippen LogP contribution in [0, 0.1) is 23.7 Å².